The maximum absolute atomic E-state index is 12.5. The largest absolute Gasteiger partial charge is 1.00 e. The molecule has 2 bridgehead atoms. The van der Waals surface area contributed by atoms with Crippen molar-refractivity contribution in [2.45, 2.75) is 31.7 Å². The van der Waals surface area contributed by atoms with Crippen LogP contribution in [0.3, 0.4) is 0 Å². The summed E-state index contributed by atoms with van der Waals surface area (Å²) in [6.45, 7) is 3.53. The lowest BCUT2D eigenvalue weighted by atomic mass is 9.83. The standard InChI is InChI=1S/C15H19F3NO.BrH/c16-15(17,18)13-3-1-11(2-4-13)9-19-7-5-12(6-8-19)14(20)10-19;/h1-4,12,14,20H,5-10H2;1H/q+1;/p-1. The van der Waals surface area contributed by atoms with Gasteiger partial charge in [0.25, 0.3) is 0 Å². The van der Waals surface area contributed by atoms with Crippen molar-refractivity contribution in [2.24, 2.45) is 5.92 Å². The van der Waals surface area contributed by atoms with Gasteiger partial charge in [0.1, 0.15) is 19.2 Å². The highest BCUT2D eigenvalue weighted by Crippen LogP contribution is 2.36. The molecule has 3 fully saturated rings. The molecule has 1 N–H and O–H groups in total. The normalized spacial score (nSPS) is 31.8. The number of hydrogen-bond donors (Lipinski definition) is 1. The predicted molar refractivity (Wildman–Crippen MR) is 68.7 cm³/mol. The first-order chi connectivity index (χ1) is 9.38. The quantitative estimate of drug-likeness (QED) is 0.720. The molecule has 4 rings (SSSR count). The number of aliphatic hydroxyl groups excluding tert-OH is 1. The average molecular weight is 366 g/mol. The van der Waals surface area contributed by atoms with Crippen LogP contribution in [0.5, 0.6) is 0 Å². The van der Waals surface area contributed by atoms with Gasteiger partial charge in [-0.2, -0.15) is 13.2 Å². The number of hydrogen-bond acceptors (Lipinski definition) is 1. The third-order valence-corrected chi connectivity index (χ3v) is 4.87. The van der Waals surface area contributed by atoms with E-state index in [1.807, 2.05) is 0 Å². The second kappa shape index (κ2) is 5.89. The average Bonchev–Trinajstić information content (AvgIpc) is 2.39. The van der Waals surface area contributed by atoms with Crippen LogP contribution >= 0.6 is 0 Å². The van der Waals surface area contributed by atoms with Crippen LogP contribution in [-0.2, 0) is 12.7 Å². The molecule has 118 valence electrons. The Morgan fingerprint density at radius 3 is 2.14 bits per heavy atom. The van der Waals surface area contributed by atoms with Crippen LogP contribution in [0.15, 0.2) is 24.3 Å². The summed E-state index contributed by atoms with van der Waals surface area (Å²) < 4.78 is 38.4. The molecule has 0 saturated carbocycles. The van der Waals surface area contributed by atoms with Crippen molar-refractivity contribution >= 4 is 0 Å². The number of rotatable bonds is 2. The molecule has 0 amide bonds. The van der Waals surface area contributed by atoms with E-state index in [9.17, 15) is 18.3 Å². The van der Waals surface area contributed by atoms with E-state index < -0.39 is 11.7 Å². The van der Waals surface area contributed by atoms with Gasteiger partial charge in [0.15, 0.2) is 0 Å². The van der Waals surface area contributed by atoms with Gasteiger partial charge >= 0.3 is 6.18 Å². The summed E-state index contributed by atoms with van der Waals surface area (Å²) >= 11 is 0. The van der Waals surface area contributed by atoms with Crippen molar-refractivity contribution in [3.05, 3.63) is 35.4 Å². The number of nitrogens with zero attached hydrogens (tertiary/aromatic N) is 1. The Hall–Kier alpha value is -0.590. The third kappa shape index (κ3) is 3.43. The first-order valence-corrected chi connectivity index (χ1v) is 7.07. The van der Waals surface area contributed by atoms with Crippen molar-refractivity contribution < 1.29 is 39.7 Å². The van der Waals surface area contributed by atoms with Crippen molar-refractivity contribution in [1.82, 2.24) is 0 Å². The summed E-state index contributed by atoms with van der Waals surface area (Å²) in [6.07, 6.45) is -2.46. The summed E-state index contributed by atoms with van der Waals surface area (Å²) in [5.41, 5.74) is 0.323. The molecule has 1 atom stereocenters. The molecule has 21 heavy (non-hydrogen) atoms. The smallest absolute Gasteiger partial charge is 0.416 e. The molecular formula is C15H19BrF3NO. The fraction of sp³-hybridized carbons (Fsp3) is 0.600. The molecular weight excluding hydrogens is 347 g/mol. The minimum Gasteiger partial charge on any atom is -1.00 e. The van der Waals surface area contributed by atoms with Crippen molar-refractivity contribution in [1.29, 1.82) is 0 Å². The first kappa shape index (κ1) is 16.8. The zero-order chi connectivity index (χ0) is 14.4. The topological polar surface area (TPSA) is 20.2 Å². The summed E-state index contributed by atoms with van der Waals surface area (Å²) in [7, 11) is 0. The number of fused-ring (bicyclic) bond motifs is 3. The van der Waals surface area contributed by atoms with E-state index in [2.05, 4.69) is 0 Å². The molecule has 0 aromatic heterocycles. The monoisotopic (exact) mass is 365 g/mol. The number of halogens is 4. The molecule has 3 aliphatic heterocycles. The van der Waals surface area contributed by atoms with Gasteiger partial charge in [-0.15, -0.1) is 0 Å². The van der Waals surface area contributed by atoms with E-state index in [1.54, 1.807) is 12.1 Å². The van der Waals surface area contributed by atoms with Crippen molar-refractivity contribution in [3.8, 4) is 0 Å². The van der Waals surface area contributed by atoms with Crippen LogP contribution in [0.25, 0.3) is 0 Å². The lowest BCUT2D eigenvalue weighted by molar-refractivity contribution is -0.958. The molecule has 3 saturated heterocycles. The molecule has 1 unspecified atom stereocenters. The van der Waals surface area contributed by atoms with Crippen LogP contribution in [0.4, 0.5) is 13.2 Å². The van der Waals surface area contributed by atoms with Crippen LogP contribution in [0.1, 0.15) is 24.0 Å². The number of alkyl halides is 3. The van der Waals surface area contributed by atoms with E-state index in [0.29, 0.717) is 5.92 Å². The first-order valence-electron chi connectivity index (χ1n) is 7.07. The lowest BCUT2D eigenvalue weighted by Crippen LogP contribution is -3.00. The van der Waals surface area contributed by atoms with Gasteiger partial charge in [-0.05, 0) is 12.1 Å². The third-order valence-electron chi connectivity index (χ3n) is 4.87. The maximum atomic E-state index is 12.5. The highest BCUT2D eigenvalue weighted by molar-refractivity contribution is 5.24. The zero-order valence-corrected chi connectivity index (χ0v) is 13.2. The second-order valence-corrected chi connectivity index (χ2v) is 6.23. The SMILES string of the molecule is OC1C[N+]2(Cc3ccc(C(F)(F)F)cc3)CCC1CC2.[Br-]. The number of quaternary nitrogens is 1. The Labute approximate surface area is 132 Å². The molecule has 2 nitrogen and oxygen atoms in total. The molecule has 1 aromatic carbocycles. The van der Waals surface area contributed by atoms with Gasteiger partial charge in [-0.3, -0.25) is 0 Å². The van der Waals surface area contributed by atoms with Crippen LogP contribution < -0.4 is 17.0 Å². The van der Waals surface area contributed by atoms with E-state index in [0.717, 1.165) is 61.2 Å². The molecule has 3 aliphatic rings. The molecule has 6 heteroatoms. The molecule has 0 spiro atoms. The van der Waals surface area contributed by atoms with Crippen LogP contribution in [-0.4, -0.2) is 35.3 Å². The summed E-state index contributed by atoms with van der Waals surface area (Å²) in [4.78, 5) is 0. The summed E-state index contributed by atoms with van der Waals surface area (Å²) in [5.74, 6) is 0.433. The van der Waals surface area contributed by atoms with Gasteiger partial charge < -0.3 is 26.6 Å². The number of aliphatic hydroxyl groups is 1. The van der Waals surface area contributed by atoms with E-state index in [4.69, 9.17) is 0 Å². The minimum atomic E-state index is -4.27. The number of benzene rings is 1. The van der Waals surface area contributed by atoms with Gasteiger partial charge in [-0.1, -0.05) is 12.1 Å². The van der Waals surface area contributed by atoms with Crippen molar-refractivity contribution in [3.63, 3.8) is 0 Å². The predicted octanol–water partition coefficient (Wildman–Crippen LogP) is -0.189. The Kier molecular flexibility index (Phi) is 4.71. The fourth-order valence-electron chi connectivity index (χ4n) is 3.66. The highest BCUT2D eigenvalue weighted by Gasteiger charge is 2.45. The molecule has 0 radical (unpaired) electrons. The van der Waals surface area contributed by atoms with E-state index in [1.165, 1.54) is 0 Å². The lowest BCUT2D eigenvalue weighted by Gasteiger charge is -2.51. The van der Waals surface area contributed by atoms with Gasteiger partial charge in [-0.25, -0.2) is 0 Å². The Morgan fingerprint density at radius 2 is 1.67 bits per heavy atom. The van der Waals surface area contributed by atoms with E-state index >= 15 is 0 Å². The molecule has 0 aliphatic carbocycles. The number of piperidine rings is 3. The minimum absolute atomic E-state index is 0. The second-order valence-electron chi connectivity index (χ2n) is 6.23. The zero-order valence-electron chi connectivity index (χ0n) is 11.6. The summed E-state index contributed by atoms with van der Waals surface area (Å²) in [6, 6.07) is 5.45. The highest BCUT2D eigenvalue weighted by atomic mass is 79.9. The van der Waals surface area contributed by atoms with Crippen molar-refractivity contribution in [2.75, 3.05) is 19.6 Å². The summed E-state index contributed by atoms with van der Waals surface area (Å²) in [5, 5.41) is 10.0. The maximum Gasteiger partial charge on any atom is 0.416 e. The van der Waals surface area contributed by atoms with E-state index in [-0.39, 0.29) is 23.1 Å². The van der Waals surface area contributed by atoms with Gasteiger partial charge in [0, 0.05) is 24.3 Å². The van der Waals surface area contributed by atoms with Crippen LogP contribution in [0.2, 0.25) is 0 Å². The Balaban J connectivity index is 0.00000161. The van der Waals surface area contributed by atoms with Gasteiger partial charge in [0.2, 0.25) is 0 Å². The van der Waals surface area contributed by atoms with Gasteiger partial charge in [0.05, 0.1) is 18.7 Å². The molecule has 3 heterocycles. The van der Waals surface area contributed by atoms with Crippen LogP contribution in [0, 0.1) is 5.92 Å². The Bertz CT molecular complexity index is 481. The Morgan fingerprint density at radius 1 is 1.10 bits per heavy atom. The fourth-order valence-corrected chi connectivity index (χ4v) is 3.66. The molecule has 1 aromatic rings.